The molecule has 2 rings (SSSR count). The van der Waals surface area contributed by atoms with E-state index in [0.717, 1.165) is 13.0 Å². The number of allylic oxidation sites excluding steroid dienone is 1. The van der Waals surface area contributed by atoms with Crippen LogP contribution in [-0.4, -0.2) is 18.8 Å². The highest BCUT2D eigenvalue weighted by molar-refractivity contribution is 5.14. The van der Waals surface area contributed by atoms with E-state index in [1.54, 1.807) is 0 Å². The van der Waals surface area contributed by atoms with Gasteiger partial charge in [-0.3, -0.25) is 11.3 Å². The standard InChI is InChI=1S/C13H24N2O/c1-10-8-12(9-16-10)13(15-14)11-6-4-2-3-5-7-11/h6,10,12-13,15H,2-5,7-9,14H2,1H3. The molecular weight excluding hydrogens is 200 g/mol. The van der Waals surface area contributed by atoms with Gasteiger partial charge in [0, 0.05) is 12.0 Å². The summed E-state index contributed by atoms with van der Waals surface area (Å²) in [6, 6.07) is 0.336. The molecule has 3 heteroatoms. The van der Waals surface area contributed by atoms with E-state index in [1.165, 1.54) is 37.7 Å². The monoisotopic (exact) mass is 224 g/mol. The molecule has 3 atom stereocenters. The lowest BCUT2D eigenvalue weighted by molar-refractivity contribution is 0.118. The molecule has 0 radical (unpaired) electrons. The zero-order valence-electron chi connectivity index (χ0n) is 10.2. The fourth-order valence-electron chi connectivity index (χ4n) is 2.95. The lowest BCUT2D eigenvalue weighted by atomic mass is 9.89. The minimum Gasteiger partial charge on any atom is -0.378 e. The molecule has 1 aliphatic carbocycles. The van der Waals surface area contributed by atoms with Crippen LogP contribution < -0.4 is 11.3 Å². The number of rotatable bonds is 3. The average molecular weight is 224 g/mol. The summed E-state index contributed by atoms with van der Waals surface area (Å²) >= 11 is 0. The van der Waals surface area contributed by atoms with E-state index >= 15 is 0 Å². The van der Waals surface area contributed by atoms with E-state index in [4.69, 9.17) is 10.6 Å². The lowest BCUT2D eigenvalue weighted by Gasteiger charge is -2.24. The van der Waals surface area contributed by atoms with Crippen molar-refractivity contribution < 1.29 is 4.74 Å². The number of hydrogen-bond donors (Lipinski definition) is 2. The van der Waals surface area contributed by atoms with E-state index < -0.39 is 0 Å². The number of ether oxygens (including phenoxy) is 1. The van der Waals surface area contributed by atoms with Gasteiger partial charge >= 0.3 is 0 Å². The molecule has 0 amide bonds. The first-order valence-electron chi connectivity index (χ1n) is 6.58. The fourth-order valence-corrected chi connectivity index (χ4v) is 2.95. The smallest absolute Gasteiger partial charge is 0.0551 e. The van der Waals surface area contributed by atoms with Gasteiger partial charge in [0.25, 0.3) is 0 Å². The van der Waals surface area contributed by atoms with Crippen LogP contribution in [0.25, 0.3) is 0 Å². The molecule has 3 N–H and O–H groups in total. The zero-order chi connectivity index (χ0) is 11.4. The fraction of sp³-hybridized carbons (Fsp3) is 0.846. The van der Waals surface area contributed by atoms with Gasteiger partial charge < -0.3 is 4.74 Å². The molecular formula is C13H24N2O. The highest BCUT2D eigenvalue weighted by atomic mass is 16.5. The molecule has 16 heavy (non-hydrogen) atoms. The van der Waals surface area contributed by atoms with Crippen molar-refractivity contribution in [3.05, 3.63) is 11.6 Å². The molecule has 0 saturated carbocycles. The van der Waals surface area contributed by atoms with Gasteiger partial charge in [0.2, 0.25) is 0 Å². The Morgan fingerprint density at radius 1 is 1.44 bits per heavy atom. The Hall–Kier alpha value is -0.380. The second kappa shape index (κ2) is 5.80. The molecule has 0 bridgehead atoms. The summed E-state index contributed by atoms with van der Waals surface area (Å²) in [5.41, 5.74) is 4.53. The van der Waals surface area contributed by atoms with Gasteiger partial charge in [-0.25, -0.2) is 0 Å². The Labute approximate surface area is 98.4 Å². The molecule has 0 aromatic carbocycles. The maximum absolute atomic E-state index is 5.73. The first kappa shape index (κ1) is 12.1. The van der Waals surface area contributed by atoms with Crippen molar-refractivity contribution in [1.82, 2.24) is 5.43 Å². The van der Waals surface area contributed by atoms with Gasteiger partial charge in [-0.05, 0) is 39.0 Å². The summed E-state index contributed by atoms with van der Waals surface area (Å²) in [6.45, 7) is 3.00. The average Bonchev–Trinajstić information content (AvgIpc) is 2.55. The lowest BCUT2D eigenvalue weighted by Crippen LogP contribution is -2.42. The van der Waals surface area contributed by atoms with Gasteiger partial charge in [0.05, 0.1) is 12.7 Å². The van der Waals surface area contributed by atoms with Gasteiger partial charge in [-0.1, -0.05) is 18.1 Å². The minimum atomic E-state index is 0.336. The van der Waals surface area contributed by atoms with Crippen LogP contribution in [0.3, 0.4) is 0 Å². The normalized spacial score (nSPS) is 33.2. The molecule has 0 spiro atoms. The highest BCUT2D eigenvalue weighted by Crippen LogP contribution is 2.29. The second-order valence-electron chi connectivity index (χ2n) is 5.16. The van der Waals surface area contributed by atoms with E-state index in [-0.39, 0.29) is 0 Å². The van der Waals surface area contributed by atoms with Gasteiger partial charge in [-0.2, -0.15) is 0 Å². The summed E-state index contributed by atoms with van der Waals surface area (Å²) in [7, 11) is 0. The van der Waals surface area contributed by atoms with Crippen LogP contribution in [0.5, 0.6) is 0 Å². The van der Waals surface area contributed by atoms with Crippen molar-refractivity contribution in [2.75, 3.05) is 6.61 Å². The Bertz CT molecular complexity index is 252. The van der Waals surface area contributed by atoms with Crippen molar-refractivity contribution in [3.8, 4) is 0 Å². The van der Waals surface area contributed by atoms with Crippen LogP contribution in [-0.2, 0) is 4.74 Å². The van der Waals surface area contributed by atoms with Crippen LogP contribution in [0.2, 0.25) is 0 Å². The largest absolute Gasteiger partial charge is 0.378 e. The van der Waals surface area contributed by atoms with Crippen LogP contribution in [0, 0.1) is 5.92 Å². The maximum atomic E-state index is 5.73. The number of hydrazine groups is 1. The van der Waals surface area contributed by atoms with Crippen molar-refractivity contribution in [2.24, 2.45) is 11.8 Å². The predicted molar refractivity (Wildman–Crippen MR) is 65.8 cm³/mol. The summed E-state index contributed by atoms with van der Waals surface area (Å²) in [6.07, 6.45) is 10.4. The van der Waals surface area contributed by atoms with E-state index in [2.05, 4.69) is 18.4 Å². The molecule has 0 aromatic heterocycles. The Balaban J connectivity index is 2.00. The van der Waals surface area contributed by atoms with Crippen molar-refractivity contribution in [2.45, 2.75) is 57.6 Å². The molecule has 1 heterocycles. The number of nitrogens with two attached hydrogens (primary N) is 1. The zero-order valence-corrected chi connectivity index (χ0v) is 10.2. The van der Waals surface area contributed by atoms with Gasteiger partial charge in [0.1, 0.15) is 0 Å². The topological polar surface area (TPSA) is 47.3 Å². The molecule has 3 nitrogen and oxygen atoms in total. The summed E-state index contributed by atoms with van der Waals surface area (Å²) < 4.78 is 5.65. The van der Waals surface area contributed by atoms with Gasteiger partial charge in [-0.15, -0.1) is 0 Å². The third kappa shape index (κ3) is 2.84. The van der Waals surface area contributed by atoms with E-state index in [9.17, 15) is 0 Å². The molecule has 1 fully saturated rings. The molecule has 3 unspecified atom stereocenters. The first-order chi connectivity index (χ1) is 7.81. The summed E-state index contributed by atoms with van der Waals surface area (Å²) in [5, 5.41) is 0. The van der Waals surface area contributed by atoms with E-state index in [1.807, 2.05) is 0 Å². The van der Waals surface area contributed by atoms with Crippen LogP contribution in [0.1, 0.15) is 45.4 Å². The molecule has 1 saturated heterocycles. The molecule has 92 valence electrons. The Morgan fingerprint density at radius 2 is 2.31 bits per heavy atom. The Morgan fingerprint density at radius 3 is 3.00 bits per heavy atom. The number of hydrogen-bond acceptors (Lipinski definition) is 3. The third-order valence-electron chi connectivity index (χ3n) is 3.86. The first-order valence-corrected chi connectivity index (χ1v) is 6.58. The minimum absolute atomic E-state index is 0.336. The summed E-state index contributed by atoms with van der Waals surface area (Å²) in [4.78, 5) is 0. The van der Waals surface area contributed by atoms with Crippen molar-refractivity contribution >= 4 is 0 Å². The third-order valence-corrected chi connectivity index (χ3v) is 3.86. The molecule has 0 aromatic rings. The van der Waals surface area contributed by atoms with Crippen molar-refractivity contribution in [1.29, 1.82) is 0 Å². The Kier molecular flexibility index (Phi) is 4.38. The van der Waals surface area contributed by atoms with Crippen LogP contribution in [0.4, 0.5) is 0 Å². The van der Waals surface area contributed by atoms with Crippen molar-refractivity contribution in [3.63, 3.8) is 0 Å². The van der Waals surface area contributed by atoms with Crippen LogP contribution >= 0.6 is 0 Å². The predicted octanol–water partition coefficient (Wildman–Crippen LogP) is 2.13. The quantitative estimate of drug-likeness (QED) is 0.438. The second-order valence-corrected chi connectivity index (χ2v) is 5.16. The maximum Gasteiger partial charge on any atom is 0.0551 e. The summed E-state index contributed by atoms with van der Waals surface area (Å²) in [5.74, 6) is 6.29. The molecule has 1 aliphatic heterocycles. The van der Waals surface area contributed by atoms with Crippen LogP contribution in [0.15, 0.2) is 11.6 Å². The van der Waals surface area contributed by atoms with Gasteiger partial charge in [0.15, 0.2) is 0 Å². The number of nitrogens with one attached hydrogen (secondary N) is 1. The van der Waals surface area contributed by atoms with E-state index in [0.29, 0.717) is 18.1 Å². The SMILES string of the molecule is CC1CC(C(NN)C2=CCCCCC2)CO1. The molecule has 2 aliphatic rings. The highest BCUT2D eigenvalue weighted by Gasteiger charge is 2.31.